The largest absolute Gasteiger partial charge is 0.458 e. The third kappa shape index (κ3) is 3.85. The van der Waals surface area contributed by atoms with E-state index in [9.17, 15) is 9.18 Å². The van der Waals surface area contributed by atoms with Gasteiger partial charge in [0.05, 0.1) is 0 Å². The number of nitrogens with one attached hydrogen (secondary N) is 1. The summed E-state index contributed by atoms with van der Waals surface area (Å²) in [5, 5.41) is 2.68. The Morgan fingerprint density at radius 2 is 2.00 bits per heavy atom. The molecule has 1 aliphatic rings. The Kier molecular flexibility index (Phi) is 4.37. The van der Waals surface area contributed by atoms with Gasteiger partial charge in [0.1, 0.15) is 5.60 Å². The van der Waals surface area contributed by atoms with Crippen molar-refractivity contribution in [1.29, 1.82) is 0 Å². The third-order valence-corrected chi connectivity index (χ3v) is 3.18. The number of alkyl halides is 1. The molecule has 2 rings (SSSR count). The maximum Gasteiger partial charge on any atom is 0.333 e. The van der Waals surface area contributed by atoms with Crippen LogP contribution >= 0.6 is 0 Å². The van der Waals surface area contributed by atoms with E-state index in [1.807, 2.05) is 0 Å². The first-order valence-electron chi connectivity index (χ1n) is 7.00. The van der Waals surface area contributed by atoms with Crippen LogP contribution in [0.25, 0.3) is 0 Å². The van der Waals surface area contributed by atoms with Crippen LogP contribution in [0, 0.1) is 0 Å². The lowest BCUT2D eigenvalue weighted by molar-refractivity contribution is -0.159. The molecule has 0 aliphatic carbocycles. The zero-order valence-corrected chi connectivity index (χ0v) is 12.6. The molecule has 0 bridgehead atoms. The van der Waals surface area contributed by atoms with Gasteiger partial charge in [-0.15, -0.1) is 0 Å². The molecule has 21 heavy (non-hydrogen) atoms. The van der Waals surface area contributed by atoms with E-state index in [1.54, 1.807) is 49.9 Å². The summed E-state index contributed by atoms with van der Waals surface area (Å²) in [6, 6.07) is 6.03. The highest BCUT2D eigenvalue weighted by molar-refractivity contribution is 5.81. The maximum absolute atomic E-state index is 14.2. The number of carbonyl (C=O) groups is 1. The van der Waals surface area contributed by atoms with E-state index in [-0.39, 0.29) is 0 Å². The Morgan fingerprint density at radius 1 is 1.38 bits per heavy atom. The molecule has 1 fully saturated rings. The second kappa shape index (κ2) is 5.89. The number of ether oxygens (including phenoxy) is 1. The minimum Gasteiger partial charge on any atom is -0.458 e. The van der Waals surface area contributed by atoms with Gasteiger partial charge in [0, 0.05) is 24.5 Å². The molecule has 2 unspecified atom stereocenters. The molecule has 2 atom stereocenters. The second-order valence-corrected chi connectivity index (χ2v) is 6.12. The number of nitrogen functional groups attached to an aromatic ring is 1. The van der Waals surface area contributed by atoms with E-state index in [0.717, 1.165) is 5.69 Å². The van der Waals surface area contributed by atoms with Crippen LogP contribution < -0.4 is 16.0 Å². The molecule has 6 heteroatoms. The normalized spacial score (nSPS) is 23.0. The number of carbonyl (C=O) groups excluding carboxylic acids is 1. The number of nitrogens with two attached hydrogens (primary N) is 1. The summed E-state index contributed by atoms with van der Waals surface area (Å²) in [5.41, 5.74) is 6.39. The van der Waals surface area contributed by atoms with Gasteiger partial charge in [0.2, 0.25) is 0 Å². The standard InChI is InChI=1S/C15H22FN3O2/c1-15(2,3)21-14(20)12-13(16)18-8-9-19(12)11-6-4-10(17)5-7-11/h4-7,12-13,18H,8-9,17H2,1-3H3. The Bertz CT molecular complexity index is 499. The van der Waals surface area contributed by atoms with Crippen LogP contribution in [-0.2, 0) is 9.53 Å². The van der Waals surface area contributed by atoms with Crippen LogP contribution in [-0.4, -0.2) is 37.0 Å². The molecule has 0 amide bonds. The van der Waals surface area contributed by atoms with Crippen molar-refractivity contribution in [3.05, 3.63) is 24.3 Å². The molecule has 3 N–H and O–H groups in total. The van der Waals surface area contributed by atoms with Crippen LogP contribution in [0.3, 0.4) is 0 Å². The third-order valence-electron chi connectivity index (χ3n) is 3.18. The molecule has 1 aromatic carbocycles. The number of halogens is 1. The van der Waals surface area contributed by atoms with E-state index in [1.165, 1.54) is 0 Å². The average molecular weight is 295 g/mol. The van der Waals surface area contributed by atoms with Gasteiger partial charge in [-0.3, -0.25) is 5.32 Å². The van der Waals surface area contributed by atoms with Gasteiger partial charge >= 0.3 is 5.97 Å². The SMILES string of the molecule is CC(C)(C)OC(=O)C1C(F)NCCN1c1ccc(N)cc1. The Morgan fingerprint density at radius 3 is 2.57 bits per heavy atom. The highest BCUT2D eigenvalue weighted by Gasteiger charge is 2.39. The van der Waals surface area contributed by atoms with E-state index < -0.39 is 23.9 Å². The highest BCUT2D eigenvalue weighted by Crippen LogP contribution is 2.24. The lowest BCUT2D eigenvalue weighted by Gasteiger charge is -2.39. The van der Waals surface area contributed by atoms with E-state index in [0.29, 0.717) is 18.8 Å². The summed E-state index contributed by atoms with van der Waals surface area (Å²) in [6.45, 7) is 6.28. The van der Waals surface area contributed by atoms with E-state index in [2.05, 4.69) is 5.32 Å². The lowest BCUT2D eigenvalue weighted by atomic mass is 10.1. The molecule has 0 aromatic heterocycles. The maximum atomic E-state index is 14.2. The minimum atomic E-state index is -1.47. The van der Waals surface area contributed by atoms with Crippen molar-refractivity contribution in [3.8, 4) is 0 Å². The van der Waals surface area contributed by atoms with Crippen LogP contribution in [0.4, 0.5) is 15.8 Å². The fourth-order valence-electron chi connectivity index (χ4n) is 2.30. The summed E-state index contributed by atoms with van der Waals surface area (Å²) in [5.74, 6) is -0.570. The first-order chi connectivity index (χ1) is 9.78. The molecule has 1 aliphatic heterocycles. The number of rotatable bonds is 2. The summed E-state index contributed by atoms with van der Waals surface area (Å²) in [6.07, 6.45) is -1.47. The van der Waals surface area contributed by atoms with Crippen LogP contribution in [0.5, 0.6) is 0 Å². The summed E-state index contributed by atoms with van der Waals surface area (Å²) < 4.78 is 19.5. The van der Waals surface area contributed by atoms with Crippen molar-refractivity contribution in [1.82, 2.24) is 5.32 Å². The minimum absolute atomic E-state index is 0.463. The molecule has 1 saturated heterocycles. The molecule has 0 spiro atoms. The van der Waals surface area contributed by atoms with Crippen molar-refractivity contribution < 1.29 is 13.9 Å². The predicted molar refractivity (Wildman–Crippen MR) is 80.7 cm³/mol. The molecule has 0 radical (unpaired) electrons. The molecule has 0 saturated carbocycles. The number of esters is 1. The van der Waals surface area contributed by atoms with Crippen LogP contribution in [0.2, 0.25) is 0 Å². The topological polar surface area (TPSA) is 67.6 Å². The average Bonchev–Trinajstić information content (AvgIpc) is 2.37. The van der Waals surface area contributed by atoms with E-state index in [4.69, 9.17) is 10.5 Å². The quantitative estimate of drug-likeness (QED) is 0.494. The molecular formula is C15H22FN3O2. The van der Waals surface area contributed by atoms with Gasteiger partial charge < -0.3 is 15.4 Å². The smallest absolute Gasteiger partial charge is 0.333 e. The highest BCUT2D eigenvalue weighted by atomic mass is 19.1. The number of anilines is 2. The van der Waals surface area contributed by atoms with Gasteiger partial charge in [-0.25, -0.2) is 9.18 Å². The van der Waals surface area contributed by atoms with Crippen molar-refractivity contribution in [2.24, 2.45) is 0 Å². The first-order valence-corrected chi connectivity index (χ1v) is 7.00. The Labute approximate surface area is 124 Å². The predicted octanol–water partition coefficient (Wildman–Crippen LogP) is 1.68. The molecule has 5 nitrogen and oxygen atoms in total. The van der Waals surface area contributed by atoms with Gasteiger partial charge in [-0.2, -0.15) is 0 Å². The van der Waals surface area contributed by atoms with Gasteiger partial charge in [0.15, 0.2) is 12.3 Å². The number of piperazine rings is 1. The first kappa shape index (κ1) is 15.6. The number of hydrogen-bond donors (Lipinski definition) is 2. The zero-order valence-electron chi connectivity index (χ0n) is 12.6. The molecular weight excluding hydrogens is 273 g/mol. The summed E-state index contributed by atoms with van der Waals surface area (Å²) in [4.78, 5) is 14.0. The monoisotopic (exact) mass is 295 g/mol. The fourth-order valence-corrected chi connectivity index (χ4v) is 2.30. The molecule has 116 valence electrons. The van der Waals surface area contributed by atoms with E-state index >= 15 is 0 Å². The van der Waals surface area contributed by atoms with Crippen molar-refractivity contribution in [3.63, 3.8) is 0 Å². The zero-order chi connectivity index (χ0) is 15.6. The van der Waals surface area contributed by atoms with Crippen LogP contribution in [0.1, 0.15) is 20.8 Å². The number of benzene rings is 1. The Balaban J connectivity index is 2.24. The molecule has 1 heterocycles. The van der Waals surface area contributed by atoms with Crippen molar-refractivity contribution in [2.45, 2.75) is 38.7 Å². The molecule has 1 aromatic rings. The summed E-state index contributed by atoms with van der Waals surface area (Å²) >= 11 is 0. The lowest BCUT2D eigenvalue weighted by Crippen LogP contribution is -2.60. The van der Waals surface area contributed by atoms with Crippen molar-refractivity contribution >= 4 is 17.3 Å². The number of nitrogens with zero attached hydrogens (tertiary/aromatic N) is 1. The van der Waals surface area contributed by atoms with Crippen molar-refractivity contribution in [2.75, 3.05) is 23.7 Å². The van der Waals surface area contributed by atoms with Crippen LogP contribution in [0.15, 0.2) is 24.3 Å². The summed E-state index contributed by atoms with van der Waals surface area (Å²) in [7, 11) is 0. The second-order valence-electron chi connectivity index (χ2n) is 6.12. The fraction of sp³-hybridized carbons (Fsp3) is 0.533. The van der Waals surface area contributed by atoms with Gasteiger partial charge in [0.25, 0.3) is 0 Å². The Hall–Kier alpha value is -1.82. The van der Waals surface area contributed by atoms with Gasteiger partial charge in [-0.1, -0.05) is 0 Å². The van der Waals surface area contributed by atoms with Gasteiger partial charge in [-0.05, 0) is 45.0 Å². The number of hydrogen-bond acceptors (Lipinski definition) is 5.